The molecule has 0 spiro atoms. The predicted molar refractivity (Wildman–Crippen MR) is 442 cm³/mol. The molecular formula is C93H96N15O3Pt3-3. The Labute approximate surface area is 715 Å². The number of rotatable bonds is 19. The van der Waals surface area contributed by atoms with Crippen LogP contribution in [0.1, 0.15) is 198 Å². The molecule has 15 aromatic rings. The van der Waals surface area contributed by atoms with Gasteiger partial charge in [0, 0.05) is 117 Å². The van der Waals surface area contributed by atoms with Crippen molar-refractivity contribution < 1.29 is 81.3 Å². The quantitative estimate of drug-likeness (QED) is 0.0647. The average molecular weight is 2060 g/mol. The Balaban J connectivity index is 0.000000181. The van der Waals surface area contributed by atoms with Crippen molar-refractivity contribution in [1.29, 1.82) is 0 Å². The molecular weight excluding hydrogens is 1960 g/mol. The van der Waals surface area contributed by atoms with Gasteiger partial charge in [0.05, 0.1) is 20.2 Å². The number of phenolic OH excluding ortho intramolecular Hbond substituents is 3. The predicted octanol–water partition coefficient (Wildman–Crippen LogP) is 21.7. The third-order valence-corrected chi connectivity index (χ3v) is 19.8. The summed E-state index contributed by atoms with van der Waals surface area (Å²) in [4.78, 5) is 28.0. The Morgan fingerprint density at radius 1 is 0.325 bits per heavy atom. The molecule has 0 fully saturated rings. The molecule has 3 N–H and O–H groups in total. The molecule has 0 unspecified atom stereocenters. The molecule has 0 radical (unpaired) electrons. The summed E-state index contributed by atoms with van der Waals surface area (Å²) in [7, 11) is 0. The fourth-order valence-electron chi connectivity index (χ4n) is 14.0. The second-order valence-corrected chi connectivity index (χ2v) is 30.0. The number of aryl methyl sites for hydroxylation is 3. The van der Waals surface area contributed by atoms with Crippen LogP contribution in [0.4, 0.5) is 0 Å². The van der Waals surface area contributed by atoms with Crippen molar-refractivity contribution in [2.24, 2.45) is 0 Å². The van der Waals surface area contributed by atoms with Crippen LogP contribution >= 0.6 is 0 Å². The molecule has 0 saturated carbocycles. The third-order valence-electron chi connectivity index (χ3n) is 19.8. The van der Waals surface area contributed by atoms with E-state index in [1.807, 2.05) is 130 Å². The number of aromatic nitrogens is 15. The third kappa shape index (κ3) is 18.0. The summed E-state index contributed by atoms with van der Waals surface area (Å²) in [5.41, 5.74) is 18.3. The first-order valence-electron chi connectivity index (χ1n) is 39.0. The fraction of sp³-hybridized carbons (Fsp3) is 0.258. The average Bonchev–Trinajstić information content (AvgIpc) is 1.61. The number of nitrogens with zero attached hydrogens (tertiary/aromatic N) is 15. The number of benzene rings is 9. The van der Waals surface area contributed by atoms with Crippen LogP contribution < -0.4 is 0 Å². The van der Waals surface area contributed by atoms with Crippen molar-refractivity contribution in [3.05, 3.63) is 288 Å². The molecule has 0 amide bonds. The fourth-order valence-corrected chi connectivity index (χ4v) is 14.0. The van der Waals surface area contributed by atoms with Crippen LogP contribution in [0.2, 0.25) is 0 Å². The van der Waals surface area contributed by atoms with E-state index in [1.54, 1.807) is 61.1 Å². The molecule has 114 heavy (non-hydrogen) atoms. The topological polar surface area (TPSA) is 206 Å². The largest absolute Gasteiger partial charge is 0.506 e. The molecule has 15 rings (SSSR count). The molecule has 21 heteroatoms. The van der Waals surface area contributed by atoms with Gasteiger partial charge in [0.2, 0.25) is 0 Å². The van der Waals surface area contributed by atoms with Gasteiger partial charge in [-0.3, -0.25) is 29.9 Å². The number of hydrogen-bond donors (Lipinski definition) is 3. The van der Waals surface area contributed by atoms with E-state index in [4.69, 9.17) is 17.8 Å². The van der Waals surface area contributed by atoms with Crippen molar-refractivity contribution in [3.8, 4) is 120 Å². The summed E-state index contributed by atoms with van der Waals surface area (Å²) in [6.07, 6.45) is 7.71. The van der Waals surface area contributed by atoms with E-state index in [9.17, 15) is 15.3 Å². The molecule has 0 bridgehead atoms. The van der Waals surface area contributed by atoms with Gasteiger partial charge in [-0.05, 0) is 138 Å². The van der Waals surface area contributed by atoms with E-state index in [2.05, 4.69) is 203 Å². The van der Waals surface area contributed by atoms with Crippen LogP contribution in [0.15, 0.2) is 213 Å². The van der Waals surface area contributed by atoms with Crippen molar-refractivity contribution in [2.75, 3.05) is 0 Å². The van der Waals surface area contributed by atoms with Gasteiger partial charge in [-0.25, -0.2) is 14.0 Å². The number of aromatic hydroxyl groups is 3. The van der Waals surface area contributed by atoms with E-state index in [1.165, 1.54) is 39.2 Å². The Hall–Kier alpha value is -10.5. The Bertz CT molecular complexity index is 5860. The van der Waals surface area contributed by atoms with Gasteiger partial charge in [0.1, 0.15) is 69.3 Å². The first kappa shape index (κ1) is 82.9. The molecule has 9 aromatic carbocycles. The van der Waals surface area contributed by atoms with Crippen LogP contribution in [-0.4, -0.2) is 88.3 Å². The zero-order valence-corrected chi connectivity index (χ0v) is 73.9. The van der Waals surface area contributed by atoms with Crippen LogP contribution in [0, 0.1) is 39.0 Å². The van der Waals surface area contributed by atoms with Crippen molar-refractivity contribution in [1.82, 2.24) is 72.9 Å². The summed E-state index contributed by atoms with van der Waals surface area (Å²) in [5, 5.41) is 45.0. The molecule has 0 atom stereocenters. The molecule has 18 nitrogen and oxygen atoms in total. The SMILES string of the molecule is Cc1nc(-c2[c-]c(-c3nccn3-c3c(C(C)C)cc(C(C)C)cc3C(C)C)ccc2)nn1-c1ccccc1O.Cc1nc(-c2[c-]c(-c3nccn3-c3c(C(C)C)cccc3C(C)C)ccc2)nn1-c1ccccc1O.[2H]c1nc(-c2[c-]c(-c3nc(C)n(-c4ccccc4O)n3)ccc2)n(-c2c(C(C)C)cccc2C(C)C)c1[2H].[Pt].[Pt].[Pt]. The zero-order valence-electron chi connectivity index (χ0n) is 69.1. The monoisotopic (exact) mass is 2060 g/mol. The van der Waals surface area contributed by atoms with E-state index in [-0.39, 0.29) is 105 Å². The smallest absolute Gasteiger partial charge is 0.141 e. The van der Waals surface area contributed by atoms with E-state index in [0.717, 1.165) is 50.7 Å². The Kier molecular flexibility index (Phi) is 27.1. The van der Waals surface area contributed by atoms with E-state index >= 15 is 0 Å². The summed E-state index contributed by atoms with van der Waals surface area (Å²) >= 11 is 0. The van der Waals surface area contributed by atoms with Gasteiger partial charge >= 0.3 is 0 Å². The van der Waals surface area contributed by atoms with Gasteiger partial charge in [-0.15, -0.1) is 72.8 Å². The number of imidazole rings is 3. The van der Waals surface area contributed by atoms with E-state index < -0.39 is 0 Å². The molecule has 0 aliphatic rings. The molecule has 0 aliphatic carbocycles. The summed E-state index contributed by atoms with van der Waals surface area (Å²) < 4.78 is 28.3. The number of hydrogen-bond acceptors (Lipinski definition) is 12. The standard InChI is InChI=1S/C33H36N5O.2C30H30N5O.3Pt/c1-20(2)26-18-27(21(3)4)31(28(19-26)22(5)6)37-16-15-34-33(37)25-12-10-11-24(17-25)32-35-23(7)38(36-32)29-13-8-9-14-30(29)39;2*1-19(2)24-12-9-13-25(20(3)4)28(24)34-17-16-31-30(34)23-11-8-10-22(18-23)29-32-21(5)35(33-29)26-14-6-7-15-27(26)36;;;/h8-16,18-22,39H,1-7H3;2*6-17,19-20,36H,1-5H3;;;/q3*-1;;;/i;16D,17D;;;;. The van der Waals surface area contributed by atoms with Gasteiger partial charge in [0.25, 0.3) is 0 Å². The summed E-state index contributed by atoms with van der Waals surface area (Å²) in [6.45, 7) is 36.5. The second-order valence-electron chi connectivity index (χ2n) is 30.0. The maximum absolute atomic E-state index is 10.3. The van der Waals surface area contributed by atoms with Gasteiger partial charge in [0.15, 0.2) is 0 Å². The number of phenols is 3. The van der Waals surface area contributed by atoms with Crippen LogP contribution in [-0.2, 0) is 63.2 Å². The normalized spacial score (nSPS) is 11.5. The maximum Gasteiger partial charge on any atom is 0.141 e. The summed E-state index contributed by atoms with van der Waals surface area (Å²) in [6, 6.07) is 66.6. The van der Waals surface area contributed by atoms with Crippen LogP contribution in [0.5, 0.6) is 17.2 Å². The molecule has 6 heterocycles. The second kappa shape index (κ2) is 37.2. The molecule has 0 saturated heterocycles. The first-order chi connectivity index (χ1) is 54.2. The van der Waals surface area contributed by atoms with Crippen molar-refractivity contribution in [2.45, 2.75) is 159 Å². The minimum Gasteiger partial charge on any atom is -0.506 e. The molecule has 0 aliphatic heterocycles. The van der Waals surface area contributed by atoms with Crippen molar-refractivity contribution in [3.63, 3.8) is 0 Å². The minimum atomic E-state index is -0.0927. The van der Waals surface area contributed by atoms with Crippen LogP contribution in [0.25, 0.3) is 102 Å². The van der Waals surface area contributed by atoms with Gasteiger partial charge < -0.3 is 29.0 Å². The first-order valence-corrected chi connectivity index (χ1v) is 38.0. The number of para-hydroxylation sites is 8. The van der Waals surface area contributed by atoms with Crippen LogP contribution in [0.3, 0.4) is 0 Å². The molecule has 6 aromatic heterocycles. The van der Waals surface area contributed by atoms with Gasteiger partial charge in [-0.1, -0.05) is 215 Å². The maximum atomic E-state index is 10.3. The zero-order chi connectivity index (χ0) is 80.4. The van der Waals surface area contributed by atoms with Gasteiger partial charge in [-0.2, -0.15) is 15.3 Å². The molecule has 594 valence electrons. The summed E-state index contributed by atoms with van der Waals surface area (Å²) in [5.74, 6) is 8.41. The van der Waals surface area contributed by atoms with Crippen molar-refractivity contribution >= 4 is 0 Å². The minimum absolute atomic E-state index is 0. The Morgan fingerprint density at radius 2 is 0.605 bits per heavy atom. The Morgan fingerprint density at radius 3 is 0.912 bits per heavy atom. The van der Waals surface area contributed by atoms with E-state index in [0.29, 0.717) is 98.5 Å².